The van der Waals surface area contributed by atoms with E-state index >= 15 is 0 Å². The fraction of sp³-hybridized carbons (Fsp3) is 0.0588. The normalized spacial score (nSPS) is 10.4. The minimum absolute atomic E-state index is 0.356. The first-order valence-electron chi connectivity index (χ1n) is 7.21. The summed E-state index contributed by atoms with van der Waals surface area (Å²) in [6, 6.07) is 12.4. The molecule has 2 amide bonds. The summed E-state index contributed by atoms with van der Waals surface area (Å²) in [4.78, 5) is 17.8. The number of anilines is 2. The van der Waals surface area contributed by atoms with Gasteiger partial charge >= 0.3 is 6.03 Å². The summed E-state index contributed by atoms with van der Waals surface area (Å²) < 4.78 is 18.7. The zero-order valence-corrected chi connectivity index (χ0v) is 14.6. The molecule has 0 radical (unpaired) electrons. The van der Waals surface area contributed by atoms with Crippen LogP contribution in [0, 0.1) is 5.82 Å². The van der Waals surface area contributed by atoms with Crippen LogP contribution in [0.15, 0.2) is 54.7 Å². The van der Waals surface area contributed by atoms with Gasteiger partial charge in [-0.25, -0.2) is 14.2 Å². The van der Waals surface area contributed by atoms with E-state index in [9.17, 15) is 9.18 Å². The van der Waals surface area contributed by atoms with Crippen LogP contribution in [0.1, 0.15) is 0 Å². The van der Waals surface area contributed by atoms with Crippen molar-refractivity contribution in [2.24, 2.45) is 0 Å². The molecule has 0 unspecified atom stereocenters. The van der Waals surface area contributed by atoms with E-state index in [0.717, 1.165) is 11.3 Å². The van der Waals surface area contributed by atoms with Crippen LogP contribution in [-0.4, -0.2) is 18.1 Å². The predicted octanol–water partition coefficient (Wildman–Crippen LogP) is 5.40. The molecule has 0 aliphatic rings. The number of nitrogens with zero attached hydrogens (tertiary/aromatic N) is 2. The van der Waals surface area contributed by atoms with Crippen LogP contribution in [0.2, 0.25) is 5.02 Å². The Morgan fingerprint density at radius 1 is 1.28 bits per heavy atom. The molecule has 0 aliphatic heterocycles. The number of hydrogen-bond acceptors (Lipinski definition) is 4. The molecular formula is C17H13ClFN3O2S. The lowest BCUT2D eigenvalue weighted by molar-refractivity contribution is 0.258. The lowest BCUT2D eigenvalue weighted by atomic mass is 10.3. The number of amides is 2. The fourth-order valence-corrected chi connectivity index (χ4v) is 2.96. The van der Waals surface area contributed by atoms with Crippen molar-refractivity contribution >= 4 is 39.8 Å². The number of aromatic nitrogens is 1. The average molecular weight is 378 g/mol. The first-order chi connectivity index (χ1) is 12.0. The van der Waals surface area contributed by atoms with Gasteiger partial charge in [0.05, 0.1) is 16.9 Å². The van der Waals surface area contributed by atoms with Crippen molar-refractivity contribution in [1.82, 2.24) is 4.98 Å². The second-order valence-electron chi connectivity index (χ2n) is 4.98. The van der Waals surface area contributed by atoms with Crippen molar-refractivity contribution in [3.8, 4) is 10.8 Å². The average Bonchev–Trinajstić information content (AvgIpc) is 3.01. The molecule has 0 fully saturated rings. The summed E-state index contributed by atoms with van der Waals surface area (Å²) in [6.45, 7) is 0. The van der Waals surface area contributed by atoms with Gasteiger partial charge in [0.15, 0.2) is 5.13 Å². The third kappa shape index (κ3) is 4.26. The molecular weight excluding hydrogens is 365 g/mol. The van der Waals surface area contributed by atoms with Crippen LogP contribution in [0.25, 0.3) is 0 Å². The number of urea groups is 1. The molecule has 1 heterocycles. The third-order valence-electron chi connectivity index (χ3n) is 3.23. The minimum Gasteiger partial charge on any atom is -0.445 e. The minimum atomic E-state index is -0.392. The number of nitrogens with one attached hydrogen (secondary N) is 1. The highest BCUT2D eigenvalue weighted by Gasteiger charge is 2.15. The monoisotopic (exact) mass is 377 g/mol. The number of thiazole rings is 1. The number of carbonyl (C=O) groups excluding carboxylic acids is 1. The van der Waals surface area contributed by atoms with Crippen LogP contribution in [0.3, 0.4) is 0 Å². The number of carbonyl (C=O) groups is 1. The summed E-state index contributed by atoms with van der Waals surface area (Å²) in [7, 11) is 1.61. The molecule has 2 aromatic carbocycles. The van der Waals surface area contributed by atoms with Gasteiger partial charge in [-0.2, -0.15) is 0 Å². The molecule has 3 rings (SSSR count). The number of halogens is 2. The molecule has 25 heavy (non-hydrogen) atoms. The Morgan fingerprint density at radius 2 is 2.08 bits per heavy atom. The maximum atomic E-state index is 13.2. The standard InChI is InChI=1S/C17H13ClFN3O2S/c1-22(14-8-3-2-7-13(14)18)17(23)21-16-20-10-15(25-16)24-12-6-4-5-11(19)9-12/h2-10H,1H3,(H,20,21,23). The SMILES string of the molecule is CN(C(=O)Nc1ncc(Oc2cccc(F)c2)s1)c1ccccc1Cl. The smallest absolute Gasteiger partial charge is 0.327 e. The van der Waals surface area contributed by atoms with Crippen molar-refractivity contribution in [1.29, 1.82) is 0 Å². The molecule has 1 aromatic heterocycles. The van der Waals surface area contributed by atoms with Gasteiger partial charge in [0.25, 0.3) is 0 Å². The van der Waals surface area contributed by atoms with Crippen molar-refractivity contribution in [2.75, 3.05) is 17.3 Å². The molecule has 128 valence electrons. The van der Waals surface area contributed by atoms with E-state index in [1.54, 1.807) is 43.4 Å². The van der Waals surface area contributed by atoms with Crippen molar-refractivity contribution < 1.29 is 13.9 Å². The Bertz CT molecular complexity index is 903. The second-order valence-corrected chi connectivity index (χ2v) is 6.38. The summed E-state index contributed by atoms with van der Waals surface area (Å²) in [5.74, 6) is -0.0355. The number of hydrogen-bond donors (Lipinski definition) is 1. The first kappa shape index (κ1) is 17.2. The fourth-order valence-electron chi connectivity index (χ4n) is 2.02. The Morgan fingerprint density at radius 3 is 2.84 bits per heavy atom. The van der Waals surface area contributed by atoms with E-state index in [1.807, 2.05) is 0 Å². The zero-order valence-electron chi connectivity index (χ0n) is 13.1. The van der Waals surface area contributed by atoms with Crippen LogP contribution in [0.5, 0.6) is 10.8 Å². The molecule has 0 atom stereocenters. The van der Waals surface area contributed by atoms with E-state index in [4.69, 9.17) is 16.3 Å². The maximum absolute atomic E-state index is 13.2. The number of rotatable bonds is 4. The quantitative estimate of drug-likeness (QED) is 0.662. The van der Waals surface area contributed by atoms with E-state index in [0.29, 0.717) is 26.7 Å². The number of ether oxygens (including phenoxy) is 1. The molecule has 0 aliphatic carbocycles. The molecule has 3 aromatic rings. The Balaban J connectivity index is 1.66. The van der Waals surface area contributed by atoms with Crippen LogP contribution < -0.4 is 15.0 Å². The van der Waals surface area contributed by atoms with Gasteiger partial charge in [0.2, 0.25) is 5.06 Å². The molecule has 8 heteroatoms. The molecule has 5 nitrogen and oxygen atoms in total. The zero-order chi connectivity index (χ0) is 17.8. The van der Waals surface area contributed by atoms with Crippen LogP contribution in [-0.2, 0) is 0 Å². The summed E-state index contributed by atoms with van der Waals surface area (Å²) >= 11 is 7.22. The number of benzene rings is 2. The third-order valence-corrected chi connectivity index (χ3v) is 4.34. The molecule has 0 spiro atoms. The van der Waals surface area contributed by atoms with Gasteiger partial charge in [-0.15, -0.1) is 0 Å². The molecule has 0 bridgehead atoms. The van der Waals surface area contributed by atoms with E-state index < -0.39 is 5.82 Å². The largest absolute Gasteiger partial charge is 0.445 e. The van der Waals surface area contributed by atoms with Gasteiger partial charge in [-0.1, -0.05) is 41.1 Å². The highest BCUT2D eigenvalue weighted by molar-refractivity contribution is 7.17. The summed E-state index contributed by atoms with van der Waals surface area (Å²) in [6.07, 6.45) is 1.46. The van der Waals surface area contributed by atoms with Crippen LogP contribution >= 0.6 is 22.9 Å². The Kier molecular flexibility index (Phi) is 5.16. The molecule has 1 N–H and O–H groups in total. The first-order valence-corrected chi connectivity index (χ1v) is 8.41. The second kappa shape index (κ2) is 7.50. The topological polar surface area (TPSA) is 54.5 Å². The van der Waals surface area contributed by atoms with E-state index in [2.05, 4.69) is 10.3 Å². The maximum Gasteiger partial charge on any atom is 0.327 e. The van der Waals surface area contributed by atoms with E-state index in [-0.39, 0.29) is 6.03 Å². The van der Waals surface area contributed by atoms with Crippen molar-refractivity contribution in [3.63, 3.8) is 0 Å². The Hall–Kier alpha value is -2.64. The highest BCUT2D eigenvalue weighted by atomic mass is 35.5. The summed E-state index contributed by atoms with van der Waals surface area (Å²) in [5, 5.41) is 3.92. The van der Waals surface area contributed by atoms with Crippen molar-refractivity contribution in [3.05, 3.63) is 65.6 Å². The predicted molar refractivity (Wildman–Crippen MR) is 97.5 cm³/mol. The van der Waals surface area contributed by atoms with Gasteiger partial charge < -0.3 is 4.74 Å². The van der Waals surface area contributed by atoms with Gasteiger partial charge in [-0.05, 0) is 24.3 Å². The summed E-state index contributed by atoms with van der Waals surface area (Å²) in [5.41, 5.74) is 0.578. The van der Waals surface area contributed by atoms with E-state index in [1.165, 1.54) is 23.2 Å². The van der Waals surface area contributed by atoms with Crippen LogP contribution in [0.4, 0.5) is 20.0 Å². The number of para-hydroxylation sites is 1. The highest BCUT2D eigenvalue weighted by Crippen LogP contribution is 2.31. The van der Waals surface area contributed by atoms with Gasteiger partial charge in [-0.3, -0.25) is 10.2 Å². The molecule has 0 saturated carbocycles. The Labute approximate surface area is 152 Å². The van der Waals surface area contributed by atoms with Crippen molar-refractivity contribution in [2.45, 2.75) is 0 Å². The lowest BCUT2D eigenvalue weighted by Gasteiger charge is -2.18. The van der Waals surface area contributed by atoms with Gasteiger partial charge in [0.1, 0.15) is 11.6 Å². The van der Waals surface area contributed by atoms with Gasteiger partial charge in [0, 0.05) is 13.1 Å². The lowest BCUT2D eigenvalue weighted by Crippen LogP contribution is -2.31. The molecule has 0 saturated heterocycles.